The second-order valence-electron chi connectivity index (χ2n) is 5.16. The van der Waals surface area contributed by atoms with Crippen molar-refractivity contribution in [1.82, 2.24) is 5.32 Å². The van der Waals surface area contributed by atoms with E-state index in [1.165, 1.54) is 18.2 Å². The number of benzene rings is 1. The first-order chi connectivity index (χ1) is 9.62. The van der Waals surface area contributed by atoms with Crippen LogP contribution in [0.1, 0.15) is 37.0 Å². The minimum Gasteiger partial charge on any atom is -0.481 e. The fraction of sp³-hybridized carbons (Fsp3) is 0.385. The summed E-state index contributed by atoms with van der Waals surface area (Å²) < 4.78 is 0.286. The van der Waals surface area contributed by atoms with Gasteiger partial charge in [-0.3, -0.25) is 19.7 Å². The summed E-state index contributed by atoms with van der Waals surface area (Å²) >= 11 is 3.04. The zero-order valence-electron chi connectivity index (χ0n) is 11.6. The summed E-state index contributed by atoms with van der Waals surface area (Å²) in [5, 5.41) is 22.2. The largest absolute Gasteiger partial charge is 0.481 e. The molecular formula is C13H15BrN2O5. The molecule has 8 heteroatoms. The first-order valence-electron chi connectivity index (χ1n) is 6.10. The molecule has 0 bridgehead atoms. The van der Waals surface area contributed by atoms with Gasteiger partial charge in [0.15, 0.2) is 0 Å². The molecule has 1 aromatic rings. The number of nitrogens with zero attached hydrogens (tertiary/aromatic N) is 1. The van der Waals surface area contributed by atoms with Crippen molar-refractivity contribution in [3.8, 4) is 0 Å². The van der Waals surface area contributed by atoms with Crippen molar-refractivity contribution in [2.75, 3.05) is 0 Å². The molecule has 21 heavy (non-hydrogen) atoms. The number of hydrogen-bond acceptors (Lipinski definition) is 4. The molecule has 114 valence electrons. The third-order valence-corrected chi connectivity index (χ3v) is 3.49. The van der Waals surface area contributed by atoms with Gasteiger partial charge in [-0.25, -0.2) is 0 Å². The molecule has 0 fully saturated rings. The molecule has 0 heterocycles. The third kappa shape index (κ3) is 5.14. The number of carboxylic acid groups (broad SMARTS) is 1. The lowest BCUT2D eigenvalue weighted by Crippen LogP contribution is -2.43. The summed E-state index contributed by atoms with van der Waals surface area (Å²) in [5.41, 5.74) is -0.781. The summed E-state index contributed by atoms with van der Waals surface area (Å²) in [6.45, 7) is 3.39. The number of rotatable bonds is 6. The van der Waals surface area contributed by atoms with Crippen LogP contribution in [0.5, 0.6) is 0 Å². The van der Waals surface area contributed by atoms with Crippen LogP contribution in [-0.2, 0) is 4.79 Å². The number of nitro benzene ring substituents is 1. The Morgan fingerprint density at radius 1 is 1.43 bits per heavy atom. The maximum absolute atomic E-state index is 12.1. The number of carbonyl (C=O) groups excluding carboxylic acids is 1. The Hall–Kier alpha value is -1.96. The number of amides is 1. The lowest BCUT2D eigenvalue weighted by Gasteiger charge is -2.25. The van der Waals surface area contributed by atoms with Gasteiger partial charge in [0, 0.05) is 23.6 Å². The molecule has 0 saturated heterocycles. The van der Waals surface area contributed by atoms with Crippen molar-refractivity contribution < 1.29 is 19.6 Å². The Labute approximate surface area is 129 Å². The molecule has 0 aliphatic carbocycles. The summed E-state index contributed by atoms with van der Waals surface area (Å²) in [7, 11) is 0. The molecule has 1 amide bonds. The fourth-order valence-corrected chi connectivity index (χ4v) is 2.05. The highest BCUT2D eigenvalue weighted by Gasteiger charge is 2.23. The van der Waals surface area contributed by atoms with Gasteiger partial charge in [0.1, 0.15) is 0 Å². The smallest absolute Gasteiger partial charge is 0.303 e. The average molecular weight is 359 g/mol. The van der Waals surface area contributed by atoms with Crippen molar-refractivity contribution in [2.24, 2.45) is 0 Å². The quantitative estimate of drug-likeness (QED) is 0.600. The van der Waals surface area contributed by atoms with Gasteiger partial charge in [-0.2, -0.15) is 0 Å². The number of hydrogen-bond donors (Lipinski definition) is 2. The van der Waals surface area contributed by atoms with Crippen molar-refractivity contribution in [3.05, 3.63) is 38.3 Å². The highest BCUT2D eigenvalue weighted by Crippen LogP contribution is 2.26. The van der Waals surface area contributed by atoms with E-state index in [4.69, 9.17) is 5.11 Å². The van der Waals surface area contributed by atoms with Crippen LogP contribution in [0.15, 0.2) is 22.7 Å². The van der Waals surface area contributed by atoms with E-state index >= 15 is 0 Å². The number of halogens is 1. The van der Waals surface area contributed by atoms with Crippen molar-refractivity contribution in [2.45, 2.75) is 32.2 Å². The molecule has 0 atom stereocenters. The van der Waals surface area contributed by atoms with E-state index in [1.807, 2.05) is 0 Å². The number of nitro groups is 1. The van der Waals surface area contributed by atoms with E-state index < -0.39 is 22.3 Å². The Kier molecular flexibility index (Phi) is 5.42. The molecular weight excluding hydrogens is 344 g/mol. The molecule has 0 unspecified atom stereocenters. The molecule has 0 radical (unpaired) electrons. The van der Waals surface area contributed by atoms with Crippen LogP contribution in [0, 0.1) is 10.1 Å². The first kappa shape index (κ1) is 17.1. The van der Waals surface area contributed by atoms with Gasteiger partial charge in [0.25, 0.3) is 11.6 Å². The average Bonchev–Trinajstić information content (AvgIpc) is 2.36. The monoisotopic (exact) mass is 358 g/mol. The molecule has 1 aromatic carbocycles. The minimum atomic E-state index is -0.948. The highest BCUT2D eigenvalue weighted by molar-refractivity contribution is 9.10. The van der Waals surface area contributed by atoms with Gasteiger partial charge in [0.05, 0.1) is 9.40 Å². The number of carbonyl (C=O) groups is 2. The SMILES string of the molecule is CC(C)(CCC(=O)O)NC(=O)c1ccc(Br)c([N+](=O)[O-])c1. The van der Waals surface area contributed by atoms with Crippen LogP contribution in [0.4, 0.5) is 5.69 Å². The van der Waals surface area contributed by atoms with Gasteiger partial charge in [-0.15, -0.1) is 0 Å². The minimum absolute atomic E-state index is 0.0756. The second kappa shape index (κ2) is 6.66. The topological polar surface area (TPSA) is 110 Å². The van der Waals surface area contributed by atoms with Crippen LogP contribution in [-0.4, -0.2) is 27.4 Å². The zero-order valence-corrected chi connectivity index (χ0v) is 13.1. The summed E-state index contributed by atoms with van der Waals surface area (Å²) in [5.74, 6) is -1.43. The summed E-state index contributed by atoms with van der Waals surface area (Å²) in [6.07, 6.45) is 0.181. The number of nitrogens with one attached hydrogen (secondary N) is 1. The lowest BCUT2D eigenvalue weighted by atomic mass is 9.97. The van der Waals surface area contributed by atoms with Crippen LogP contribution >= 0.6 is 15.9 Å². The molecule has 2 N–H and O–H groups in total. The van der Waals surface area contributed by atoms with Gasteiger partial charge in [-0.05, 0) is 48.3 Å². The lowest BCUT2D eigenvalue weighted by molar-refractivity contribution is -0.385. The maximum Gasteiger partial charge on any atom is 0.303 e. The summed E-state index contributed by atoms with van der Waals surface area (Å²) in [6, 6.07) is 4.06. The highest BCUT2D eigenvalue weighted by atomic mass is 79.9. The Morgan fingerprint density at radius 2 is 2.05 bits per heavy atom. The van der Waals surface area contributed by atoms with E-state index in [2.05, 4.69) is 21.2 Å². The number of aliphatic carboxylic acids is 1. The fourth-order valence-electron chi connectivity index (χ4n) is 1.66. The molecule has 0 aliphatic rings. The molecule has 0 spiro atoms. The predicted molar refractivity (Wildman–Crippen MR) is 79.2 cm³/mol. The van der Waals surface area contributed by atoms with Crippen LogP contribution in [0.2, 0.25) is 0 Å². The van der Waals surface area contributed by atoms with E-state index in [0.29, 0.717) is 0 Å². The van der Waals surface area contributed by atoms with Crippen molar-refractivity contribution in [1.29, 1.82) is 0 Å². The molecule has 0 aliphatic heterocycles. The molecule has 0 aromatic heterocycles. The van der Waals surface area contributed by atoms with Gasteiger partial charge < -0.3 is 10.4 Å². The van der Waals surface area contributed by atoms with Crippen molar-refractivity contribution >= 4 is 33.5 Å². The predicted octanol–water partition coefficient (Wildman–Crippen LogP) is 2.73. The molecule has 0 saturated carbocycles. The molecule has 7 nitrogen and oxygen atoms in total. The van der Waals surface area contributed by atoms with E-state index in [0.717, 1.165) is 0 Å². The van der Waals surface area contributed by atoms with Crippen LogP contribution in [0.3, 0.4) is 0 Å². The van der Waals surface area contributed by atoms with Gasteiger partial charge in [0.2, 0.25) is 0 Å². The Balaban J connectivity index is 2.87. The third-order valence-electron chi connectivity index (χ3n) is 2.82. The van der Waals surface area contributed by atoms with Gasteiger partial charge >= 0.3 is 5.97 Å². The van der Waals surface area contributed by atoms with E-state index in [1.54, 1.807) is 13.8 Å². The van der Waals surface area contributed by atoms with E-state index in [-0.39, 0.29) is 28.6 Å². The Bertz CT molecular complexity index is 586. The Morgan fingerprint density at radius 3 is 2.57 bits per heavy atom. The first-order valence-corrected chi connectivity index (χ1v) is 6.90. The normalized spacial score (nSPS) is 11.0. The second-order valence-corrected chi connectivity index (χ2v) is 6.01. The van der Waals surface area contributed by atoms with E-state index in [9.17, 15) is 19.7 Å². The maximum atomic E-state index is 12.1. The number of carboxylic acids is 1. The van der Waals surface area contributed by atoms with Crippen LogP contribution in [0.25, 0.3) is 0 Å². The standard InChI is InChI=1S/C13H15BrN2O5/c1-13(2,6-5-11(17)18)15-12(19)8-3-4-9(14)10(7-8)16(20)21/h3-4,7H,5-6H2,1-2H3,(H,15,19)(H,17,18). The molecule has 1 rings (SSSR count). The van der Waals surface area contributed by atoms with Crippen molar-refractivity contribution in [3.63, 3.8) is 0 Å². The van der Waals surface area contributed by atoms with Crippen LogP contribution < -0.4 is 5.32 Å². The van der Waals surface area contributed by atoms with Gasteiger partial charge in [-0.1, -0.05) is 0 Å². The zero-order chi connectivity index (χ0) is 16.2. The summed E-state index contributed by atoms with van der Waals surface area (Å²) in [4.78, 5) is 32.9.